The fourth-order valence-corrected chi connectivity index (χ4v) is 3.04. The third-order valence-electron chi connectivity index (χ3n) is 4.06. The second-order valence-corrected chi connectivity index (χ2v) is 5.51. The van der Waals surface area contributed by atoms with Crippen molar-refractivity contribution in [3.05, 3.63) is 17.5 Å². The lowest BCUT2D eigenvalue weighted by Gasteiger charge is -2.41. The van der Waals surface area contributed by atoms with Crippen LogP contribution in [0, 0.1) is 24.2 Å². The molecule has 0 radical (unpaired) electrons. The van der Waals surface area contributed by atoms with Gasteiger partial charge in [-0.2, -0.15) is 5.26 Å². The molecule has 0 spiro atoms. The lowest BCUT2D eigenvalue weighted by molar-refractivity contribution is -0.124. The van der Waals surface area contributed by atoms with Gasteiger partial charge in [-0.3, -0.25) is 4.79 Å². The minimum atomic E-state index is 0.165. The highest BCUT2D eigenvalue weighted by atomic mass is 16.1. The molecule has 1 aromatic heterocycles. The van der Waals surface area contributed by atoms with Crippen LogP contribution in [-0.4, -0.2) is 35.0 Å². The fourth-order valence-electron chi connectivity index (χ4n) is 3.04. The fraction of sp³-hybridized carbons (Fsp3) is 0.571. The first kappa shape index (κ1) is 12.9. The third-order valence-corrected chi connectivity index (χ3v) is 4.06. The Balaban J connectivity index is 1.78. The first-order valence-corrected chi connectivity index (χ1v) is 6.96. The average Bonchev–Trinajstić information content (AvgIpc) is 2.46. The second-order valence-electron chi connectivity index (χ2n) is 5.51. The molecule has 2 aliphatic rings. The number of piperidine rings is 2. The minimum Gasteiger partial charge on any atom is -0.353 e. The number of nitrogens with one attached hydrogen (secondary N) is 1. The van der Waals surface area contributed by atoms with Gasteiger partial charge in [-0.15, -0.1) is 0 Å². The van der Waals surface area contributed by atoms with Crippen molar-refractivity contribution in [2.24, 2.45) is 5.92 Å². The quantitative estimate of drug-likeness (QED) is 0.815. The summed E-state index contributed by atoms with van der Waals surface area (Å²) >= 11 is 0. The van der Waals surface area contributed by atoms with Gasteiger partial charge in [0.1, 0.15) is 11.8 Å². The Morgan fingerprint density at radius 3 is 3.10 bits per heavy atom. The minimum absolute atomic E-state index is 0.165. The molecule has 2 unspecified atom stereocenters. The van der Waals surface area contributed by atoms with Crippen molar-refractivity contribution in [1.29, 1.82) is 5.26 Å². The van der Waals surface area contributed by atoms with E-state index in [1.807, 2.05) is 6.92 Å². The number of carbonyl (C=O) groups excluding carboxylic acids is 1. The molecule has 0 bridgehead atoms. The maximum absolute atomic E-state index is 11.4. The summed E-state index contributed by atoms with van der Waals surface area (Å²) in [7, 11) is 0. The number of anilines is 1. The zero-order valence-electron chi connectivity index (χ0n) is 11.5. The Labute approximate surface area is 117 Å². The maximum atomic E-state index is 11.4. The summed E-state index contributed by atoms with van der Waals surface area (Å²) in [4.78, 5) is 22.3. The molecule has 2 saturated heterocycles. The molecule has 2 atom stereocenters. The Hall–Kier alpha value is -2.16. The van der Waals surface area contributed by atoms with Crippen LogP contribution in [0.15, 0.2) is 6.07 Å². The number of nitriles is 1. The molecule has 0 saturated carbocycles. The summed E-state index contributed by atoms with van der Waals surface area (Å²) in [5.74, 6) is 1.26. The number of hydrogen-bond acceptors (Lipinski definition) is 5. The second kappa shape index (κ2) is 5.08. The van der Waals surface area contributed by atoms with Crippen LogP contribution in [0.2, 0.25) is 0 Å². The average molecular weight is 271 g/mol. The molecular formula is C14H17N5O. The van der Waals surface area contributed by atoms with Crippen molar-refractivity contribution in [3.63, 3.8) is 0 Å². The monoisotopic (exact) mass is 271 g/mol. The molecule has 6 heteroatoms. The van der Waals surface area contributed by atoms with Crippen molar-refractivity contribution >= 4 is 11.9 Å². The van der Waals surface area contributed by atoms with Crippen molar-refractivity contribution in [3.8, 4) is 6.07 Å². The van der Waals surface area contributed by atoms with Gasteiger partial charge in [0.25, 0.3) is 0 Å². The molecule has 3 heterocycles. The normalized spacial score (nSPS) is 25.6. The highest BCUT2D eigenvalue weighted by Crippen LogP contribution is 2.27. The van der Waals surface area contributed by atoms with Crippen LogP contribution in [0.5, 0.6) is 0 Å². The Morgan fingerprint density at radius 2 is 2.30 bits per heavy atom. The molecule has 20 heavy (non-hydrogen) atoms. The molecule has 1 aromatic rings. The molecular weight excluding hydrogens is 254 g/mol. The third kappa shape index (κ3) is 2.44. The molecule has 2 fully saturated rings. The van der Waals surface area contributed by atoms with E-state index in [1.54, 1.807) is 6.07 Å². The van der Waals surface area contributed by atoms with E-state index >= 15 is 0 Å². The van der Waals surface area contributed by atoms with Crippen LogP contribution in [-0.2, 0) is 4.79 Å². The number of aromatic nitrogens is 2. The van der Waals surface area contributed by atoms with Crippen molar-refractivity contribution in [2.75, 3.05) is 18.0 Å². The molecule has 3 rings (SSSR count). The van der Waals surface area contributed by atoms with Gasteiger partial charge in [0.15, 0.2) is 0 Å². The highest BCUT2D eigenvalue weighted by molar-refractivity contribution is 5.77. The Kier molecular flexibility index (Phi) is 3.26. The van der Waals surface area contributed by atoms with E-state index in [9.17, 15) is 4.79 Å². The number of aryl methyl sites for hydroxylation is 1. The van der Waals surface area contributed by atoms with E-state index in [1.165, 1.54) is 0 Å². The molecule has 1 N–H and O–H groups in total. The zero-order chi connectivity index (χ0) is 14.1. The first-order valence-electron chi connectivity index (χ1n) is 6.96. The SMILES string of the molecule is Cc1cc(C#N)nc(N2CCC3NC(=O)CCC3C2)n1. The van der Waals surface area contributed by atoms with E-state index in [-0.39, 0.29) is 11.9 Å². The maximum Gasteiger partial charge on any atom is 0.226 e. The van der Waals surface area contributed by atoms with Crippen LogP contribution in [0.4, 0.5) is 5.95 Å². The predicted molar refractivity (Wildman–Crippen MR) is 73.0 cm³/mol. The largest absolute Gasteiger partial charge is 0.353 e. The number of amides is 1. The van der Waals surface area contributed by atoms with E-state index in [0.29, 0.717) is 24.0 Å². The summed E-state index contributed by atoms with van der Waals surface area (Å²) in [6.07, 6.45) is 2.44. The van der Waals surface area contributed by atoms with Gasteiger partial charge in [0.05, 0.1) is 0 Å². The van der Waals surface area contributed by atoms with Crippen LogP contribution >= 0.6 is 0 Å². The summed E-state index contributed by atoms with van der Waals surface area (Å²) in [5.41, 5.74) is 1.22. The van der Waals surface area contributed by atoms with Gasteiger partial charge >= 0.3 is 0 Å². The number of fused-ring (bicyclic) bond motifs is 1. The molecule has 2 aliphatic heterocycles. The van der Waals surface area contributed by atoms with E-state index in [2.05, 4.69) is 26.3 Å². The van der Waals surface area contributed by atoms with E-state index < -0.39 is 0 Å². The van der Waals surface area contributed by atoms with Crippen LogP contribution in [0.25, 0.3) is 0 Å². The lowest BCUT2D eigenvalue weighted by atomic mass is 9.85. The van der Waals surface area contributed by atoms with Crippen LogP contribution < -0.4 is 10.2 Å². The van der Waals surface area contributed by atoms with Crippen molar-refractivity contribution < 1.29 is 4.79 Å². The topological polar surface area (TPSA) is 81.9 Å². The molecule has 6 nitrogen and oxygen atoms in total. The number of carbonyl (C=O) groups is 1. The predicted octanol–water partition coefficient (Wildman–Crippen LogP) is 0.762. The van der Waals surface area contributed by atoms with Crippen LogP contribution in [0.3, 0.4) is 0 Å². The van der Waals surface area contributed by atoms with E-state index in [4.69, 9.17) is 5.26 Å². The number of nitrogens with zero attached hydrogens (tertiary/aromatic N) is 4. The first-order chi connectivity index (χ1) is 9.65. The smallest absolute Gasteiger partial charge is 0.226 e. The van der Waals surface area contributed by atoms with E-state index in [0.717, 1.165) is 31.6 Å². The summed E-state index contributed by atoms with van der Waals surface area (Å²) in [6, 6.07) is 4.05. The van der Waals surface area contributed by atoms with Gasteiger partial charge in [-0.05, 0) is 31.7 Å². The van der Waals surface area contributed by atoms with Crippen LogP contribution in [0.1, 0.15) is 30.7 Å². The standard InChI is InChI=1S/C14H17N5O/c1-9-6-11(7-15)17-14(16-9)19-5-4-12-10(8-19)2-3-13(20)18-12/h6,10,12H,2-5,8H2,1H3,(H,18,20). The van der Waals surface area contributed by atoms with Crippen molar-refractivity contribution in [1.82, 2.24) is 15.3 Å². The molecule has 104 valence electrons. The molecule has 1 amide bonds. The van der Waals surface area contributed by atoms with Crippen molar-refractivity contribution in [2.45, 2.75) is 32.2 Å². The summed E-state index contributed by atoms with van der Waals surface area (Å²) in [5, 5.41) is 12.1. The van der Waals surface area contributed by atoms with Gasteiger partial charge in [0.2, 0.25) is 11.9 Å². The molecule has 0 aliphatic carbocycles. The summed E-state index contributed by atoms with van der Waals surface area (Å²) < 4.78 is 0. The lowest BCUT2D eigenvalue weighted by Crippen LogP contribution is -2.54. The van der Waals surface area contributed by atoms with Gasteiger partial charge < -0.3 is 10.2 Å². The zero-order valence-corrected chi connectivity index (χ0v) is 11.5. The van der Waals surface area contributed by atoms with Gasteiger partial charge in [0, 0.05) is 31.2 Å². The van der Waals surface area contributed by atoms with Gasteiger partial charge in [-0.1, -0.05) is 0 Å². The Morgan fingerprint density at radius 1 is 1.45 bits per heavy atom. The summed E-state index contributed by atoms with van der Waals surface area (Å²) in [6.45, 7) is 3.54. The van der Waals surface area contributed by atoms with Gasteiger partial charge in [-0.25, -0.2) is 9.97 Å². The number of hydrogen-bond donors (Lipinski definition) is 1. The molecule has 0 aromatic carbocycles. The highest BCUT2D eigenvalue weighted by Gasteiger charge is 2.34. The number of rotatable bonds is 1. The Bertz CT molecular complexity index is 579.